The molecule has 1 aliphatic rings. The number of aromatic amines is 1. The molecule has 0 bridgehead atoms. The zero-order valence-corrected chi connectivity index (χ0v) is 20.0. The number of nitrogens with zero attached hydrogens (tertiary/aromatic N) is 3. The van der Waals surface area contributed by atoms with Crippen LogP contribution in [0.4, 0.5) is 10.5 Å². The summed E-state index contributed by atoms with van der Waals surface area (Å²) in [6.45, 7) is 5.85. The van der Waals surface area contributed by atoms with Crippen molar-refractivity contribution >= 4 is 28.6 Å². The predicted molar refractivity (Wildman–Crippen MR) is 132 cm³/mol. The number of H-pyrrole nitrogens is 1. The SMILES string of the molecule is CCOC(=O)N1CCN(C(=O)C[C@@H](c2cccc([N+](=O)[O-])c2)c2c[nH]c3c(CC)cccc23)CC1. The van der Waals surface area contributed by atoms with Crippen molar-refractivity contribution in [2.75, 3.05) is 32.8 Å². The summed E-state index contributed by atoms with van der Waals surface area (Å²) in [6.07, 6.45) is 2.59. The summed E-state index contributed by atoms with van der Waals surface area (Å²) in [5.74, 6) is -0.405. The fourth-order valence-electron chi connectivity index (χ4n) is 4.74. The minimum atomic E-state index is -0.415. The molecule has 0 saturated carbocycles. The van der Waals surface area contributed by atoms with Crippen molar-refractivity contribution in [1.29, 1.82) is 0 Å². The average Bonchev–Trinajstić information content (AvgIpc) is 3.31. The molecule has 0 aliphatic carbocycles. The first kappa shape index (κ1) is 24.3. The quantitative estimate of drug-likeness (QED) is 0.398. The molecule has 1 fully saturated rings. The number of para-hydroxylation sites is 1. The molecule has 9 heteroatoms. The van der Waals surface area contributed by atoms with E-state index in [1.807, 2.05) is 24.4 Å². The van der Waals surface area contributed by atoms with Gasteiger partial charge in [-0.2, -0.15) is 0 Å². The van der Waals surface area contributed by atoms with Crippen molar-refractivity contribution in [3.05, 3.63) is 75.5 Å². The fraction of sp³-hybridized carbons (Fsp3) is 0.385. The number of carbonyl (C=O) groups excluding carboxylic acids is 2. The molecule has 2 amide bonds. The summed E-state index contributed by atoms with van der Waals surface area (Å²) in [7, 11) is 0. The summed E-state index contributed by atoms with van der Waals surface area (Å²) in [5.41, 5.74) is 3.86. The molecule has 9 nitrogen and oxygen atoms in total. The van der Waals surface area contributed by atoms with Crippen molar-refractivity contribution in [1.82, 2.24) is 14.8 Å². The Hall–Kier alpha value is -3.88. The number of non-ortho nitro benzene ring substituents is 1. The minimum absolute atomic E-state index is 0.00270. The topological polar surface area (TPSA) is 109 Å². The number of benzene rings is 2. The lowest BCUT2D eigenvalue weighted by molar-refractivity contribution is -0.384. The van der Waals surface area contributed by atoms with Crippen LogP contribution in [0.15, 0.2) is 48.7 Å². The van der Waals surface area contributed by atoms with Gasteiger partial charge in [-0.25, -0.2) is 4.79 Å². The van der Waals surface area contributed by atoms with Gasteiger partial charge in [0.2, 0.25) is 5.91 Å². The minimum Gasteiger partial charge on any atom is -0.450 e. The molecule has 1 aromatic heterocycles. The highest BCUT2D eigenvalue weighted by Crippen LogP contribution is 2.36. The third kappa shape index (κ3) is 5.13. The highest BCUT2D eigenvalue weighted by Gasteiger charge is 2.29. The number of hydrogen-bond donors (Lipinski definition) is 1. The maximum absolute atomic E-state index is 13.4. The number of amides is 2. The van der Waals surface area contributed by atoms with E-state index in [1.165, 1.54) is 11.6 Å². The van der Waals surface area contributed by atoms with Crippen LogP contribution in [0.3, 0.4) is 0 Å². The molecule has 1 aliphatic heterocycles. The summed E-state index contributed by atoms with van der Waals surface area (Å²) < 4.78 is 5.06. The third-order valence-corrected chi connectivity index (χ3v) is 6.61. The predicted octanol–water partition coefficient (Wildman–Crippen LogP) is 4.46. The van der Waals surface area contributed by atoms with Gasteiger partial charge >= 0.3 is 6.09 Å². The molecule has 1 N–H and O–H groups in total. The maximum Gasteiger partial charge on any atom is 0.409 e. The monoisotopic (exact) mass is 478 g/mol. The lowest BCUT2D eigenvalue weighted by atomic mass is 9.87. The lowest BCUT2D eigenvalue weighted by Gasteiger charge is -2.34. The van der Waals surface area contributed by atoms with Crippen LogP contribution < -0.4 is 0 Å². The van der Waals surface area contributed by atoms with Crippen LogP contribution in [-0.4, -0.2) is 64.5 Å². The van der Waals surface area contributed by atoms with E-state index in [9.17, 15) is 19.7 Å². The first-order valence-electron chi connectivity index (χ1n) is 12.0. The summed E-state index contributed by atoms with van der Waals surface area (Å²) >= 11 is 0. The van der Waals surface area contributed by atoms with Gasteiger partial charge in [0.25, 0.3) is 5.69 Å². The van der Waals surface area contributed by atoms with Crippen LogP contribution >= 0.6 is 0 Å². The van der Waals surface area contributed by atoms with Gasteiger partial charge in [-0.05, 0) is 30.0 Å². The number of rotatable bonds is 7. The second-order valence-corrected chi connectivity index (χ2v) is 8.61. The van der Waals surface area contributed by atoms with Gasteiger partial charge in [-0.3, -0.25) is 14.9 Å². The average molecular weight is 479 g/mol. The van der Waals surface area contributed by atoms with Crippen LogP contribution in [-0.2, 0) is 16.0 Å². The molecule has 1 atom stereocenters. The third-order valence-electron chi connectivity index (χ3n) is 6.61. The maximum atomic E-state index is 13.4. The van der Waals surface area contributed by atoms with E-state index in [1.54, 1.807) is 28.9 Å². The number of aromatic nitrogens is 1. The number of fused-ring (bicyclic) bond motifs is 1. The number of hydrogen-bond acceptors (Lipinski definition) is 5. The van der Waals surface area contributed by atoms with Crippen LogP contribution in [0.5, 0.6) is 0 Å². The van der Waals surface area contributed by atoms with Gasteiger partial charge in [0.1, 0.15) is 0 Å². The smallest absolute Gasteiger partial charge is 0.409 e. The van der Waals surface area contributed by atoms with Crippen LogP contribution in [0, 0.1) is 10.1 Å². The van der Waals surface area contributed by atoms with E-state index < -0.39 is 4.92 Å². The van der Waals surface area contributed by atoms with Crippen molar-refractivity contribution < 1.29 is 19.2 Å². The van der Waals surface area contributed by atoms with E-state index in [-0.39, 0.29) is 30.0 Å². The molecule has 1 saturated heterocycles. The highest BCUT2D eigenvalue weighted by atomic mass is 16.6. The van der Waals surface area contributed by atoms with Crippen molar-refractivity contribution in [3.63, 3.8) is 0 Å². The molecular weight excluding hydrogens is 448 g/mol. The first-order chi connectivity index (χ1) is 16.9. The van der Waals surface area contributed by atoms with Gasteiger partial charge in [-0.15, -0.1) is 0 Å². The molecule has 2 aromatic carbocycles. The number of nitro benzene ring substituents is 1. The van der Waals surface area contributed by atoms with Crippen molar-refractivity contribution in [2.45, 2.75) is 32.6 Å². The number of carbonyl (C=O) groups is 2. The number of nitro groups is 1. The van der Waals surface area contributed by atoms with Gasteiger partial charge in [0.15, 0.2) is 0 Å². The molecule has 35 heavy (non-hydrogen) atoms. The number of ether oxygens (including phenoxy) is 1. The Morgan fingerprint density at radius 1 is 1.09 bits per heavy atom. The molecule has 184 valence electrons. The second-order valence-electron chi connectivity index (χ2n) is 8.61. The van der Waals surface area contributed by atoms with Crippen LogP contribution in [0.2, 0.25) is 0 Å². The molecule has 0 unspecified atom stereocenters. The zero-order valence-electron chi connectivity index (χ0n) is 20.0. The second kappa shape index (κ2) is 10.6. The van der Waals surface area contributed by atoms with E-state index in [4.69, 9.17) is 4.74 Å². The molecule has 3 aromatic rings. The van der Waals surface area contributed by atoms with Gasteiger partial charge in [-0.1, -0.05) is 37.3 Å². The highest BCUT2D eigenvalue weighted by molar-refractivity contribution is 5.88. The van der Waals surface area contributed by atoms with E-state index in [2.05, 4.69) is 18.0 Å². The Balaban J connectivity index is 1.63. The number of piperazine rings is 1. The van der Waals surface area contributed by atoms with Gasteiger partial charge in [0, 0.05) is 67.8 Å². The largest absolute Gasteiger partial charge is 0.450 e. The molecular formula is C26H30N4O5. The molecule has 0 spiro atoms. The lowest BCUT2D eigenvalue weighted by Crippen LogP contribution is -2.50. The molecule has 2 heterocycles. The van der Waals surface area contributed by atoms with Gasteiger partial charge < -0.3 is 19.5 Å². The Morgan fingerprint density at radius 3 is 2.49 bits per heavy atom. The fourth-order valence-corrected chi connectivity index (χ4v) is 4.74. The van der Waals surface area contributed by atoms with E-state index in [0.29, 0.717) is 32.8 Å². The van der Waals surface area contributed by atoms with E-state index in [0.717, 1.165) is 28.5 Å². The standard InChI is InChI=1S/C26H30N4O5/c1-3-18-7-6-10-21-23(17-27-25(18)21)22(19-8-5-9-20(15-19)30(33)34)16-24(31)28-11-13-29(14-12-28)26(32)35-4-2/h5-10,15,17,22,27H,3-4,11-14,16H2,1-2H3/t22-/m0/s1. The molecule has 4 rings (SSSR count). The summed E-state index contributed by atoms with van der Waals surface area (Å²) in [5, 5.41) is 12.5. The number of nitrogens with one attached hydrogen (secondary N) is 1. The normalized spacial score (nSPS) is 14.7. The Bertz CT molecular complexity index is 1230. The van der Waals surface area contributed by atoms with Crippen molar-refractivity contribution in [3.8, 4) is 0 Å². The first-order valence-corrected chi connectivity index (χ1v) is 12.0. The van der Waals surface area contributed by atoms with Crippen molar-refractivity contribution in [2.24, 2.45) is 0 Å². The zero-order chi connectivity index (χ0) is 24.9. The Morgan fingerprint density at radius 2 is 1.80 bits per heavy atom. The Labute approximate surface area is 203 Å². The van der Waals surface area contributed by atoms with Crippen LogP contribution in [0.25, 0.3) is 10.9 Å². The Kier molecular flexibility index (Phi) is 7.33. The van der Waals surface area contributed by atoms with Crippen LogP contribution in [0.1, 0.15) is 42.9 Å². The van der Waals surface area contributed by atoms with Gasteiger partial charge in [0.05, 0.1) is 11.5 Å². The summed E-state index contributed by atoms with van der Waals surface area (Å²) in [4.78, 5) is 43.2. The summed E-state index contributed by atoms with van der Waals surface area (Å²) in [6, 6.07) is 12.6. The molecule has 0 radical (unpaired) electrons. The van der Waals surface area contributed by atoms with E-state index >= 15 is 0 Å². The number of aryl methyl sites for hydroxylation is 1.